The van der Waals surface area contributed by atoms with Crippen LogP contribution in [0, 0.1) is 11.7 Å². The molecule has 0 aromatic heterocycles. The average Bonchev–Trinajstić information content (AvgIpc) is 2.73. The fourth-order valence-electron chi connectivity index (χ4n) is 2.89. The van der Waals surface area contributed by atoms with Crippen LogP contribution >= 0.6 is 0 Å². The number of unbranched alkanes of at least 4 members (excludes halogenated alkanes) is 2. The van der Waals surface area contributed by atoms with E-state index < -0.39 is 0 Å². The third-order valence-corrected chi connectivity index (χ3v) is 3.98. The van der Waals surface area contributed by atoms with E-state index in [-0.39, 0.29) is 17.7 Å². The summed E-state index contributed by atoms with van der Waals surface area (Å²) in [5, 5.41) is 0. The highest BCUT2D eigenvalue weighted by Gasteiger charge is 2.34. The molecule has 0 aliphatic heterocycles. The van der Waals surface area contributed by atoms with Crippen molar-refractivity contribution in [3.8, 4) is 0 Å². The highest BCUT2D eigenvalue weighted by molar-refractivity contribution is 5.89. The van der Waals surface area contributed by atoms with Gasteiger partial charge in [0, 0.05) is 11.8 Å². The molecule has 2 rings (SSSR count). The minimum absolute atomic E-state index is 0.0113. The molecule has 1 saturated carbocycles. The number of ketones is 1. The Balaban J connectivity index is 1.96. The van der Waals surface area contributed by atoms with Crippen LogP contribution in [0.15, 0.2) is 24.3 Å². The monoisotopic (exact) mass is 248 g/mol. The van der Waals surface area contributed by atoms with Crippen molar-refractivity contribution in [2.45, 2.75) is 51.4 Å². The normalized spacial score (nSPS) is 23.6. The van der Waals surface area contributed by atoms with E-state index in [0.29, 0.717) is 5.78 Å². The van der Waals surface area contributed by atoms with E-state index in [4.69, 9.17) is 0 Å². The van der Waals surface area contributed by atoms with E-state index >= 15 is 0 Å². The number of benzene rings is 1. The maximum absolute atomic E-state index is 12.9. The van der Waals surface area contributed by atoms with Gasteiger partial charge in [-0.1, -0.05) is 38.3 Å². The summed E-state index contributed by atoms with van der Waals surface area (Å²) in [5.74, 6) is 0.394. The Labute approximate surface area is 108 Å². The summed E-state index contributed by atoms with van der Waals surface area (Å²) in [6.45, 7) is 2.18. The first-order chi connectivity index (χ1) is 8.72. The van der Waals surface area contributed by atoms with Crippen molar-refractivity contribution in [3.63, 3.8) is 0 Å². The average molecular weight is 248 g/mol. The lowest BCUT2D eigenvalue weighted by Crippen LogP contribution is -2.12. The number of hydrogen-bond acceptors (Lipinski definition) is 1. The maximum atomic E-state index is 12.9. The minimum Gasteiger partial charge on any atom is -0.299 e. The molecule has 1 aromatic rings. The van der Waals surface area contributed by atoms with Gasteiger partial charge in [-0.05, 0) is 37.0 Å². The van der Waals surface area contributed by atoms with Gasteiger partial charge in [-0.15, -0.1) is 0 Å². The molecule has 0 radical (unpaired) electrons. The van der Waals surface area contributed by atoms with Gasteiger partial charge in [-0.25, -0.2) is 4.39 Å². The highest BCUT2D eigenvalue weighted by Crippen LogP contribution is 2.37. The van der Waals surface area contributed by atoms with Crippen LogP contribution in [-0.4, -0.2) is 5.78 Å². The standard InChI is InChI=1S/C16H21FO/c1-2-3-4-5-13-8-11-15(16(13)18)12-6-9-14(17)10-7-12/h6-7,9-10,13,15H,2-5,8,11H2,1H3. The van der Waals surface area contributed by atoms with Crippen LogP contribution in [0.3, 0.4) is 0 Å². The molecule has 0 N–H and O–H groups in total. The van der Waals surface area contributed by atoms with Crippen molar-refractivity contribution in [3.05, 3.63) is 35.6 Å². The number of Topliss-reactive ketones (excluding diaryl/α,β-unsaturated/α-hetero) is 1. The predicted molar refractivity (Wildman–Crippen MR) is 71.0 cm³/mol. The van der Waals surface area contributed by atoms with Crippen LogP contribution < -0.4 is 0 Å². The van der Waals surface area contributed by atoms with E-state index in [1.54, 1.807) is 12.1 Å². The second-order valence-electron chi connectivity index (χ2n) is 5.28. The van der Waals surface area contributed by atoms with E-state index in [1.165, 1.54) is 25.0 Å². The molecule has 2 atom stereocenters. The zero-order valence-corrected chi connectivity index (χ0v) is 11.0. The van der Waals surface area contributed by atoms with Gasteiger partial charge in [-0.3, -0.25) is 4.79 Å². The van der Waals surface area contributed by atoms with Crippen LogP contribution in [0.1, 0.15) is 56.9 Å². The molecule has 2 heteroatoms. The summed E-state index contributed by atoms with van der Waals surface area (Å²) in [5.41, 5.74) is 0.986. The second kappa shape index (κ2) is 6.12. The molecular formula is C16H21FO. The molecule has 1 nitrogen and oxygen atoms in total. The van der Waals surface area contributed by atoms with Crippen molar-refractivity contribution < 1.29 is 9.18 Å². The van der Waals surface area contributed by atoms with E-state index in [2.05, 4.69) is 6.92 Å². The van der Waals surface area contributed by atoms with Crippen LogP contribution in [-0.2, 0) is 4.79 Å². The number of rotatable bonds is 5. The molecule has 18 heavy (non-hydrogen) atoms. The second-order valence-corrected chi connectivity index (χ2v) is 5.28. The molecule has 1 aliphatic rings. The number of carbonyl (C=O) groups is 1. The Hall–Kier alpha value is -1.18. The van der Waals surface area contributed by atoms with Crippen molar-refractivity contribution >= 4 is 5.78 Å². The predicted octanol–water partition coefficient (Wildman–Crippen LogP) is 4.47. The summed E-state index contributed by atoms with van der Waals surface area (Å²) < 4.78 is 12.9. The van der Waals surface area contributed by atoms with Crippen LogP contribution in [0.4, 0.5) is 4.39 Å². The molecular weight excluding hydrogens is 227 g/mol. The molecule has 0 spiro atoms. The van der Waals surface area contributed by atoms with Gasteiger partial charge in [0.15, 0.2) is 0 Å². The Morgan fingerprint density at radius 2 is 1.89 bits per heavy atom. The lowest BCUT2D eigenvalue weighted by atomic mass is 9.93. The van der Waals surface area contributed by atoms with Gasteiger partial charge in [-0.2, -0.15) is 0 Å². The Morgan fingerprint density at radius 1 is 1.17 bits per heavy atom. The Kier molecular flexibility index (Phi) is 4.51. The lowest BCUT2D eigenvalue weighted by Gasteiger charge is -2.10. The summed E-state index contributed by atoms with van der Waals surface area (Å²) in [6, 6.07) is 6.42. The van der Waals surface area contributed by atoms with Gasteiger partial charge in [0.1, 0.15) is 11.6 Å². The first-order valence-electron chi connectivity index (χ1n) is 7.01. The van der Waals surface area contributed by atoms with Crippen LogP contribution in [0.5, 0.6) is 0 Å². The fourth-order valence-corrected chi connectivity index (χ4v) is 2.89. The van der Waals surface area contributed by atoms with Gasteiger partial charge in [0.05, 0.1) is 0 Å². The molecule has 1 aliphatic carbocycles. The molecule has 0 amide bonds. The third-order valence-electron chi connectivity index (χ3n) is 3.98. The van der Waals surface area contributed by atoms with E-state index in [9.17, 15) is 9.18 Å². The zero-order chi connectivity index (χ0) is 13.0. The molecule has 0 saturated heterocycles. The Morgan fingerprint density at radius 3 is 2.56 bits per heavy atom. The molecule has 0 bridgehead atoms. The summed E-state index contributed by atoms with van der Waals surface area (Å²) in [7, 11) is 0. The number of hydrogen-bond donors (Lipinski definition) is 0. The van der Waals surface area contributed by atoms with Crippen molar-refractivity contribution in [2.24, 2.45) is 5.92 Å². The van der Waals surface area contributed by atoms with Crippen LogP contribution in [0.2, 0.25) is 0 Å². The fraction of sp³-hybridized carbons (Fsp3) is 0.562. The minimum atomic E-state index is -0.233. The molecule has 2 unspecified atom stereocenters. The van der Waals surface area contributed by atoms with Gasteiger partial charge >= 0.3 is 0 Å². The summed E-state index contributed by atoms with van der Waals surface area (Å²) in [4.78, 5) is 12.3. The van der Waals surface area contributed by atoms with Gasteiger partial charge in [0.25, 0.3) is 0 Å². The van der Waals surface area contributed by atoms with E-state index in [1.807, 2.05) is 0 Å². The smallest absolute Gasteiger partial charge is 0.143 e. The molecule has 98 valence electrons. The Bertz CT molecular complexity index is 396. The van der Waals surface area contributed by atoms with Crippen molar-refractivity contribution in [2.75, 3.05) is 0 Å². The lowest BCUT2D eigenvalue weighted by molar-refractivity contribution is -0.122. The number of halogens is 1. The quantitative estimate of drug-likeness (QED) is 0.703. The molecule has 0 heterocycles. The van der Waals surface area contributed by atoms with Gasteiger partial charge in [0.2, 0.25) is 0 Å². The SMILES string of the molecule is CCCCCC1CCC(c2ccc(F)cc2)C1=O. The van der Waals surface area contributed by atoms with Gasteiger partial charge < -0.3 is 0 Å². The zero-order valence-electron chi connectivity index (χ0n) is 11.0. The number of carbonyl (C=O) groups excluding carboxylic acids is 1. The largest absolute Gasteiger partial charge is 0.299 e. The maximum Gasteiger partial charge on any atom is 0.143 e. The third kappa shape index (κ3) is 2.98. The molecule has 1 aromatic carbocycles. The summed E-state index contributed by atoms with van der Waals surface area (Å²) in [6.07, 6.45) is 6.53. The topological polar surface area (TPSA) is 17.1 Å². The van der Waals surface area contributed by atoms with E-state index in [0.717, 1.165) is 31.2 Å². The van der Waals surface area contributed by atoms with Crippen molar-refractivity contribution in [1.82, 2.24) is 0 Å². The first kappa shape index (κ1) is 13.3. The highest BCUT2D eigenvalue weighted by atomic mass is 19.1. The summed E-state index contributed by atoms with van der Waals surface area (Å²) >= 11 is 0. The van der Waals surface area contributed by atoms with Crippen molar-refractivity contribution in [1.29, 1.82) is 0 Å². The van der Waals surface area contributed by atoms with Crippen LogP contribution in [0.25, 0.3) is 0 Å². The first-order valence-corrected chi connectivity index (χ1v) is 7.01. The molecule has 1 fully saturated rings.